The first kappa shape index (κ1) is 24.9. The summed E-state index contributed by atoms with van der Waals surface area (Å²) in [7, 11) is 0. The van der Waals surface area contributed by atoms with Crippen molar-refractivity contribution in [2.24, 2.45) is 0 Å². The van der Waals surface area contributed by atoms with Gasteiger partial charge in [-0.15, -0.1) is 0 Å². The molecule has 0 radical (unpaired) electrons. The number of nitrogens with one attached hydrogen (secondary N) is 2. The second-order valence-corrected chi connectivity index (χ2v) is 8.03. The Labute approximate surface area is 206 Å². The molecule has 0 unspecified atom stereocenters. The van der Waals surface area contributed by atoms with Crippen LogP contribution in [0.3, 0.4) is 0 Å². The third kappa shape index (κ3) is 5.60. The highest BCUT2D eigenvalue weighted by molar-refractivity contribution is 6.36. The number of halogens is 2. The van der Waals surface area contributed by atoms with Gasteiger partial charge in [-0.25, -0.2) is 4.79 Å². The Morgan fingerprint density at radius 1 is 1.18 bits per heavy atom. The van der Waals surface area contributed by atoms with Gasteiger partial charge in [0.25, 0.3) is 5.91 Å². The molecule has 0 aliphatic heterocycles. The Hall–Kier alpha value is -3.73. The van der Waals surface area contributed by atoms with Crippen LogP contribution < -0.4 is 10.6 Å². The van der Waals surface area contributed by atoms with Gasteiger partial charge in [-0.2, -0.15) is 5.26 Å². The summed E-state index contributed by atoms with van der Waals surface area (Å²) in [4.78, 5) is 25.3. The van der Waals surface area contributed by atoms with E-state index in [1.54, 1.807) is 43.3 Å². The molecule has 0 aliphatic carbocycles. The molecule has 0 fully saturated rings. The summed E-state index contributed by atoms with van der Waals surface area (Å²) in [6, 6.07) is 14.0. The van der Waals surface area contributed by atoms with Gasteiger partial charge in [-0.3, -0.25) is 4.79 Å². The van der Waals surface area contributed by atoms with Crippen LogP contribution in [0.25, 0.3) is 6.08 Å². The highest BCUT2D eigenvalue weighted by Crippen LogP contribution is 2.36. The summed E-state index contributed by atoms with van der Waals surface area (Å²) in [5, 5.41) is 15.6. The molecular weight excluding hydrogens is 477 g/mol. The first-order valence-electron chi connectivity index (χ1n) is 10.3. The normalized spacial score (nSPS) is 11.0. The zero-order chi connectivity index (χ0) is 24.8. The van der Waals surface area contributed by atoms with E-state index < -0.39 is 11.9 Å². The molecule has 2 aromatic carbocycles. The Balaban J connectivity index is 1.99. The average molecular weight is 498 g/mol. The van der Waals surface area contributed by atoms with Crippen molar-refractivity contribution < 1.29 is 18.7 Å². The fourth-order valence-corrected chi connectivity index (χ4v) is 3.49. The zero-order valence-corrected chi connectivity index (χ0v) is 20.2. The summed E-state index contributed by atoms with van der Waals surface area (Å²) in [5.74, 6) is -1.43. The number of amides is 1. The molecular formula is C25H21Cl2N3O4. The third-order valence-corrected chi connectivity index (χ3v) is 5.54. The van der Waals surface area contributed by atoms with Crippen molar-refractivity contribution in [2.75, 3.05) is 17.2 Å². The van der Waals surface area contributed by atoms with Crippen LogP contribution >= 0.6 is 23.2 Å². The standard InChI is InChI=1S/C25H21Cl2N3O4/c1-4-33-25(32)21-22(27)20(34-24(21)29-18-9-6-8-17(26)12-18)11-16(13-28)23(31)30-19-10-5-7-14(2)15(19)3/h5-12,29H,4H2,1-3H3,(H,30,31)/b16-11+. The van der Waals surface area contributed by atoms with E-state index in [0.29, 0.717) is 16.4 Å². The number of nitrogens with zero attached hydrogens (tertiary/aromatic N) is 1. The smallest absolute Gasteiger partial charge is 0.345 e. The minimum Gasteiger partial charge on any atom is -0.462 e. The van der Waals surface area contributed by atoms with Crippen LogP contribution in [0.1, 0.15) is 34.2 Å². The van der Waals surface area contributed by atoms with E-state index in [4.69, 9.17) is 32.4 Å². The fraction of sp³-hybridized carbons (Fsp3) is 0.160. The molecule has 1 amide bonds. The Morgan fingerprint density at radius 2 is 1.91 bits per heavy atom. The van der Waals surface area contributed by atoms with E-state index in [9.17, 15) is 14.9 Å². The maximum absolute atomic E-state index is 12.8. The molecule has 0 atom stereocenters. The van der Waals surface area contributed by atoms with Crippen molar-refractivity contribution >= 4 is 58.4 Å². The van der Waals surface area contributed by atoms with Crippen LogP contribution in [0, 0.1) is 25.2 Å². The van der Waals surface area contributed by atoms with Crippen molar-refractivity contribution in [3.63, 3.8) is 0 Å². The summed E-state index contributed by atoms with van der Waals surface area (Å²) >= 11 is 12.5. The van der Waals surface area contributed by atoms with Crippen LogP contribution in [-0.2, 0) is 9.53 Å². The minimum atomic E-state index is -0.723. The second-order valence-electron chi connectivity index (χ2n) is 7.21. The monoisotopic (exact) mass is 497 g/mol. The van der Waals surface area contributed by atoms with Gasteiger partial charge in [0, 0.05) is 22.5 Å². The fourth-order valence-electron chi connectivity index (χ4n) is 3.05. The van der Waals surface area contributed by atoms with Crippen molar-refractivity contribution in [1.82, 2.24) is 0 Å². The van der Waals surface area contributed by atoms with Gasteiger partial charge in [0.2, 0.25) is 5.88 Å². The minimum absolute atomic E-state index is 0.0100. The summed E-state index contributed by atoms with van der Waals surface area (Å²) in [6.45, 7) is 5.55. The van der Waals surface area contributed by atoms with Gasteiger partial charge in [0.05, 0.1) is 6.61 Å². The summed E-state index contributed by atoms with van der Waals surface area (Å²) < 4.78 is 10.8. The molecule has 7 nitrogen and oxygen atoms in total. The van der Waals surface area contributed by atoms with Gasteiger partial charge in [0.15, 0.2) is 5.76 Å². The molecule has 0 spiro atoms. The molecule has 0 aliphatic rings. The molecule has 1 aromatic heterocycles. The predicted octanol–water partition coefficient (Wildman–Crippen LogP) is 6.67. The number of nitriles is 1. The van der Waals surface area contributed by atoms with Crippen LogP contribution in [-0.4, -0.2) is 18.5 Å². The lowest BCUT2D eigenvalue weighted by atomic mass is 10.1. The molecule has 174 valence electrons. The highest BCUT2D eigenvalue weighted by atomic mass is 35.5. The number of furan rings is 1. The topological polar surface area (TPSA) is 104 Å². The van der Waals surface area contributed by atoms with E-state index in [1.165, 1.54) is 6.08 Å². The Kier molecular flexibility index (Phi) is 8.00. The predicted molar refractivity (Wildman–Crippen MR) is 133 cm³/mol. The van der Waals surface area contributed by atoms with Crippen molar-refractivity contribution in [3.8, 4) is 6.07 Å². The largest absolute Gasteiger partial charge is 0.462 e. The van der Waals surface area contributed by atoms with Crippen molar-refractivity contribution in [2.45, 2.75) is 20.8 Å². The van der Waals surface area contributed by atoms with Gasteiger partial charge in [-0.05, 0) is 56.2 Å². The Morgan fingerprint density at radius 3 is 2.59 bits per heavy atom. The van der Waals surface area contributed by atoms with Crippen molar-refractivity contribution in [3.05, 3.63) is 80.5 Å². The van der Waals surface area contributed by atoms with E-state index in [1.807, 2.05) is 26.0 Å². The molecule has 0 saturated carbocycles. The number of esters is 1. The van der Waals surface area contributed by atoms with Gasteiger partial charge < -0.3 is 19.8 Å². The molecule has 1 heterocycles. The molecule has 0 saturated heterocycles. The average Bonchev–Trinajstić information content (AvgIpc) is 3.09. The second kappa shape index (κ2) is 10.9. The van der Waals surface area contributed by atoms with Crippen LogP contribution in [0.5, 0.6) is 0 Å². The van der Waals surface area contributed by atoms with Crippen LogP contribution in [0.4, 0.5) is 17.3 Å². The van der Waals surface area contributed by atoms with E-state index in [2.05, 4.69) is 10.6 Å². The number of carbonyl (C=O) groups is 2. The van der Waals surface area contributed by atoms with Gasteiger partial charge >= 0.3 is 5.97 Å². The molecule has 3 aromatic rings. The number of hydrogen-bond donors (Lipinski definition) is 2. The van der Waals surface area contributed by atoms with Crippen molar-refractivity contribution in [1.29, 1.82) is 5.26 Å². The quantitative estimate of drug-likeness (QED) is 0.214. The number of hydrogen-bond acceptors (Lipinski definition) is 6. The lowest BCUT2D eigenvalue weighted by Gasteiger charge is -2.09. The van der Waals surface area contributed by atoms with Crippen LogP contribution in [0.2, 0.25) is 10.0 Å². The lowest BCUT2D eigenvalue weighted by molar-refractivity contribution is -0.112. The van der Waals surface area contributed by atoms with E-state index >= 15 is 0 Å². The summed E-state index contributed by atoms with van der Waals surface area (Å²) in [6.07, 6.45) is 1.18. The Bertz CT molecular complexity index is 1320. The maximum Gasteiger partial charge on any atom is 0.345 e. The number of carbonyl (C=O) groups excluding carboxylic acids is 2. The van der Waals surface area contributed by atoms with E-state index in [0.717, 1.165) is 11.1 Å². The third-order valence-electron chi connectivity index (χ3n) is 4.93. The first-order valence-corrected chi connectivity index (χ1v) is 11.0. The maximum atomic E-state index is 12.8. The number of aryl methyl sites for hydroxylation is 1. The number of rotatable bonds is 7. The van der Waals surface area contributed by atoms with Gasteiger partial charge in [-0.1, -0.05) is 41.4 Å². The lowest BCUT2D eigenvalue weighted by Crippen LogP contribution is -2.14. The molecule has 2 N–H and O–H groups in total. The molecule has 34 heavy (non-hydrogen) atoms. The SMILES string of the molecule is CCOC(=O)c1c(Nc2cccc(Cl)c2)oc(/C=C(\C#N)C(=O)Nc2cccc(C)c2C)c1Cl. The highest BCUT2D eigenvalue weighted by Gasteiger charge is 2.26. The van der Waals surface area contributed by atoms with Crippen LogP contribution in [0.15, 0.2) is 52.5 Å². The first-order chi connectivity index (χ1) is 16.2. The van der Waals surface area contributed by atoms with E-state index in [-0.39, 0.29) is 34.4 Å². The molecule has 3 rings (SSSR count). The zero-order valence-electron chi connectivity index (χ0n) is 18.7. The number of ether oxygens (including phenoxy) is 1. The van der Waals surface area contributed by atoms with Gasteiger partial charge in [0.1, 0.15) is 22.2 Å². The summed E-state index contributed by atoms with van der Waals surface area (Å²) in [5.41, 5.74) is 2.65. The molecule has 9 heteroatoms. The number of anilines is 3. The molecule has 0 bridgehead atoms. The number of benzene rings is 2.